The van der Waals surface area contributed by atoms with Crippen molar-refractivity contribution >= 4 is 39.3 Å². The molecule has 2 nitrogen and oxygen atoms in total. The van der Waals surface area contributed by atoms with E-state index in [9.17, 15) is 0 Å². The molecule has 0 N–H and O–H groups in total. The second kappa shape index (κ2) is 8.69. The molecule has 0 bridgehead atoms. The van der Waals surface area contributed by atoms with Gasteiger partial charge < -0.3 is 9.47 Å². The maximum absolute atomic E-state index is 6.50. The van der Waals surface area contributed by atoms with Crippen molar-refractivity contribution in [3.05, 3.63) is 68.7 Å². The number of hydrogen-bond acceptors (Lipinski definition) is 2. The van der Waals surface area contributed by atoms with Crippen LogP contribution in [0.15, 0.2) is 36.4 Å². The van der Waals surface area contributed by atoms with Crippen molar-refractivity contribution in [2.75, 3.05) is 14.2 Å². The van der Waals surface area contributed by atoms with Gasteiger partial charge in [0.25, 0.3) is 0 Å². The van der Waals surface area contributed by atoms with Crippen molar-refractivity contribution in [1.82, 2.24) is 0 Å². The molecule has 2 aromatic carbocycles. The third-order valence-electron chi connectivity index (χ3n) is 5.32. The van der Waals surface area contributed by atoms with Gasteiger partial charge in [0.05, 0.1) is 0 Å². The lowest BCUT2D eigenvalue weighted by molar-refractivity contribution is 0.0330. The third-order valence-corrected chi connectivity index (χ3v) is 7.54. The molecule has 0 spiro atoms. The van der Waals surface area contributed by atoms with Crippen LogP contribution in [0.2, 0.25) is 49.3 Å². The second-order valence-electron chi connectivity index (χ2n) is 10.2. The molecule has 0 saturated heterocycles. The van der Waals surface area contributed by atoms with Crippen LogP contribution in [-0.2, 0) is 20.7 Å². The van der Waals surface area contributed by atoms with Gasteiger partial charge in [-0.05, 0) is 24.3 Å². The van der Waals surface area contributed by atoms with E-state index in [4.69, 9.17) is 32.7 Å². The highest BCUT2D eigenvalue weighted by molar-refractivity contribution is 6.84. The Morgan fingerprint density at radius 2 is 0.969 bits per heavy atom. The van der Waals surface area contributed by atoms with Crippen molar-refractivity contribution < 1.29 is 9.47 Å². The Morgan fingerprint density at radius 1 is 0.625 bits per heavy atom. The lowest BCUT2D eigenvalue weighted by Crippen LogP contribution is -2.44. The molecule has 32 heavy (non-hydrogen) atoms. The molecule has 2 unspecified atom stereocenters. The third kappa shape index (κ3) is 4.59. The van der Waals surface area contributed by atoms with E-state index in [2.05, 4.69) is 62.2 Å². The molecule has 0 saturated carbocycles. The van der Waals surface area contributed by atoms with E-state index in [-0.39, 0.29) is 0 Å². The Bertz CT molecular complexity index is 1080. The quantitative estimate of drug-likeness (QED) is 0.331. The van der Waals surface area contributed by atoms with E-state index < -0.39 is 27.3 Å². The van der Waals surface area contributed by atoms with Gasteiger partial charge in [0, 0.05) is 46.5 Å². The molecule has 6 heteroatoms. The standard InChI is InChI=1S/C26H30Cl2O2Si2/c1-29-25(13-15-31(3,4)5)21-11-9-20(28)18-24(21)26(30-2,14-16-32(6,7)8)22-12-10-19(27)17-23(22)25/h9-12,17-18H,1-8H3. The monoisotopic (exact) mass is 500 g/mol. The molecule has 0 aromatic heterocycles. The van der Waals surface area contributed by atoms with Crippen molar-refractivity contribution in [3.8, 4) is 22.9 Å². The number of ether oxygens (including phenoxy) is 2. The molecule has 2 atom stereocenters. The van der Waals surface area contributed by atoms with Crippen LogP contribution >= 0.6 is 23.2 Å². The van der Waals surface area contributed by atoms with E-state index in [1.54, 1.807) is 14.2 Å². The van der Waals surface area contributed by atoms with Crippen molar-refractivity contribution in [1.29, 1.82) is 0 Å². The highest BCUT2D eigenvalue weighted by Gasteiger charge is 2.51. The van der Waals surface area contributed by atoms with Crippen LogP contribution in [0.4, 0.5) is 0 Å². The number of halogens is 2. The zero-order valence-corrected chi connectivity index (χ0v) is 23.5. The van der Waals surface area contributed by atoms with E-state index in [1.165, 1.54) is 0 Å². The van der Waals surface area contributed by atoms with Crippen LogP contribution in [0.25, 0.3) is 0 Å². The summed E-state index contributed by atoms with van der Waals surface area (Å²) in [6, 6.07) is 11.6. The molecule has 0 heterocycles. The number of rotatable bonds is 2. The second-order valence-corrected chi connectivity index (χ2v) is 20.5. The largest absolute Gasteiger partial charge is 0.357 e. The fourth-order valence-electron chi connectivity index (χ4n) is 3.88. The Hall–Kier alpha value is -1.51. The highest BCUT2D eigenvalue weighted by Crippen LogP contribution is 2.51. The maximum Gasteiger partial charge on any atom is 0.179 e. The molecule has 0 amide bonds. The van der Waals surface area contributed by atoms with Crippen LogP contribution in [0, 0.1) is 22.9 Å². The Morgan fingerprint density at radius 3 is 1.25 bits per heavy atom. The minimum Gasteiger partial charge on any atom is -0.357 e. The minimum absolute atomic E-state index is 0.612. The zero-order valence-electron chi connectivity index (χ0n) is 20.0. The van der Waals surface area contributed by atoms with E-state index >= 15 is 0 Å². The highest BCUT2D eigenvalue weighted by atomic mass is 35.5. The minimum atomic E-state index is -1.71. The summed E-state index contributed by atoms with van der Waals surface area (Å²) in [5.41, 5.74) is 8.54. The van der Waals surface area contributed by atoms with Crippen molar-refractivity contribution in [2.45, 2.75) is 50.5 Å². The summed E-state index contributed by atoms with van der Waals surface area (Å²) in [4.78, 5) is 0. The van der Waals surface area contributed by atoms with E-state index in [0.29, 0.717) is 10.0 Å². The normalized spacial score (nSPS) is 22.1. The summed E-state index contributed by atoms with van der Waals surface area (Å²) in [5, 5.41) is 1.22. The molecule has 2 aromatic rings. The molecule has 1 aliphatic carbocycles. The summed E-state index contributed by atoms with van der Waals surface area (Å²) in [5.74, 6) is 7.02. The summed E-state index contributed by atoms with van der Waals surface area (Å²) in [7, 11) is -0.0387. The van der Waals surface area contributed by atoms with Crippen LogP contribution in [0.1, 0.15) is 22.3 Å². The van der Waals surface area contributed by atoms with E-state index in [1.807, 2.05) is 36.4 Å². The number of fused-ring (bicyclic) bond motifs is 2. The average molecular weight is 502 g/mol. The van der Waals surface area contributed by atoms with Gasteiger partial charge in [-0.25, -0.2) is 0 Å². The summed E-state index contributed by atoms with van der Waals surface area (Å²) < 4.78 is 12.5. The van der Waals surface area contributed by atoms with Gasteiger partial charge in [0.15, 0.2) is 11.2 Å². The van der Waals surface area contributed by atoms with Gasteiger partial charge in [-0.15, -0.1) is 11.1 Å². The number of hydrogen-bond donors (Lipinski definition) is 0. The van der Waals surface area contributed by atoms with Crippen LogP contribution < -0.4 is 0 Å². The maximum atomic E-state index is 6.50. The summed E-state index contributed by atoms with van der Waals surface area (Å²) in [6.07, 6.45) is 0. The smallest absolute Gasteiger partial charge is 0.179 e. The molecule has 3 rings (SSSR count). The van der Waals surface area contributed by atoms with Gasteiger partial charge in [0.1, 0.15) is 16.1 Å². The predicted molar refractivity (Wildman–Crippen MR) is 141 cm³/mol. The predicted octanol–water partition coefficient (Wildman–Crippen LogP) is 6.85. The van der Waals surface area contributed by atoms with Crippen molar-refractivity contribution in [3.63, 3.8) is 0 Å². The average Bonchev–Trinajstić information content (AvgIpc) is 2.69. The van der Waals surface area contributed by atoms with Gasteiger partial charge in [-0.2, -0.15) is 0 Å². The number of benzene rings is 2. The molecular formula is C26H30Cl2O2Si2. The van der Waals surface area contributed by atoms with Gasteiger partial charge in [0.2, 0.25) is 0 Å². The molecule has 0 radical (unpaired) electrons. The van der Waals surface area contributed by atoms with Crippen LogP contribution in [0.3, 0.4) is 0 Å². The lowest BCUT2D eigenvalue weighted by atomic mass is 9.68. The van der Waals surface area contributed by atoms with Crippen molar-refractivity contribution in [2.24, 2.45) is 0 Å². The summed E-state index contributed by atoms with van der Waals surface area (Å²) >= 11 is 13.0. The van der Waals surface area contributed by atoms with Gasteiger partial charge >= 0.3 is 0 Å². The Labute approximate surface area is 204 Å². The molecule has 1 aliphatic rings. The first kappa shape index (κ1) is 25.1. The Kier molecular flexibility index (Phi) is 6.82. The van der Waals surface area contributed by atoms with Crippen LogP contribution in [-0.4, -0.2) is 30.4 Å². The first-order valence-electron chi connectivity index (χ1n) is 10.6. The number of methoxy groups -OCH3 is 2. The fraction of sp³-hybridized carbons (Fsp3) is 0.385. The first-order valence-corrected chi connectivity index (χ1v) is 18.3. The zero-order chi connectivity index (χ0) is 23.9. The topological polar surface area (TPSA) is 18.5 Å². The lowest BCUT2D eigenvalue weighted by Gasteiger charge is -2.44. The van der Waals surface area contributed by atoms with E-state index in [0.717, 1.165) is 22.3 Å². The first-order chi connectivity index (χ1) is 14.8. The van der Waals surface area contributed by atoms with Crippen LogP contribution in [0.5, 0.6) is 0 Å². The molecular weight excluding hydrogens is 471 g/mol. The molecule has 0 fully saturated rings. The Balaban J connectivity index is 2.54. The van der Waals surface area contributed by atoms with Gasteiger partial charge in [-0.3, -0.25) is 0 Å². The molecule has 168 valence electrons. The summed E-state index contributed by atoms with van der Waals surface area (Å²) in [6.45, 7) is 13.3. The van der Waals surface area contributed by atoms with Gasteiger partial charge in [-0.1, -0.05) is 86.5 Å². The fourth-order valence-corrected chi connectivity index (χ4v) is 5.33. The molecule has 0 aliphatic heterocycles. The SMILES string of the molecule is COC1(C#C[Si](C)(C)C)c2ccc(Cl)cc2C(C#C[Si](C)(C)C)(OC)c2ccc(Cl)cc21.